The lowest BCUT2D eigenvalue weighted by atomic mass is 9.92. The predicted octanol–water partition coefficient (Wildman–Crippen LogP) is 3.11. The lowest BCUT2D eigenvalue weighted by molar-refractivity contribution is -0.125. The third-order valence-electron chi connectivity index (χ3n) is 4.71. The summed E-state index contributed by atoms with van der Waals surface area (Å²) in [5, 5.41) is 10.2. The highest BCUT2D eigenvalue weighted by Gasteiger charge is 2.29. The van der Waals surface area contributed by atoms with Crippen molar-refractivity contribution in [3.8, 4) is 5.75 Å². The summed E-state index contributed by atoms with van der Waals surface area (Å²) in [4.78, 5) is 27.7. The lowest BCUT2D eigenvalue weighted by Gasteiger charge is -2.30. The van der Waals surface area contributed by atoms with Crippen LogP contribution in [-0.4, -0.2) is 47.2 Å². The molecule has 0 saturated carbocycles. The second-order valence-corrected chi connectivity index (χ2v) is 8.15. The lowest BCUT2D eigenvalue weighted by Crippen LogP contribution is -2.42. The Morgan fingerprint density at radius 1 is 1.36 bits per heavy atom. The van der Waals surface area contributed by atoms with E-state index in [-0.39, 0.29) is 17.4 Å². The first-order valence-electron chi connectivity index (χ1n) is 9.21. The number of likely N-dealkylation sites (N-methyl/N-ethyl adjacent to an activating group) is 1. The van der Waals surface area contributed by atoms with Gasteiger partial charge in [-0.15, -0.1) is 0 Å². The number of aromatic amines is 1. The first-order chi connectivity index (χ1) is 13.1. The number of H-pyrrole nitrogens is 1. The SMILES string of the molecule is C[C@@H]1Oc2cc(NC(=O)N(C)Cc3cc(C(C)(C)C)n[nH]3)ccc2N(C)C1=O. The number of hydrogen-bond acceptors (Lipinski definition) is 4. The number of hydrogen-bond donors (Lipinski definition) is 2. The van der Waals surface area contributed by atoms with Crippen LogP contribution in [0, 0.1) is 0 Å². The number of benzene rings is 1. The number of carbonyl (C=O) groups is 2. The summed E-state index contributed by atoms with van der Waals surface area (Å²) in [6.07, 6.45) is -0.552. The monoisotopic (exact) mass is 385 g/mol. The minimum Gasteiger partial charge on any atom is -0.479 e. The van der Waals surface area contributed by atoms with Crippen LogP contribution in [0.2, 0.25) is 0 Å². The quantitative estimate of drug-likeness (QED) is 0.849. The molecule has 0 unspecified atom stereocenters. The van der Waals surface area contributed by atoms with Gasteiger partial charge in [0.1, 0.15) is 5.75 Å². The van der Waals surface area contributed by atoms with Gasteiger partial charge in [-0.1, -0.05) is 20.8 Å². The van der Waals surface area contributed by atoms with E-state index < -0.39 is 6.10 Å². The maximum absolute atomic E-state index is 12.5. The molecule has 3 rings (SSSR count). The highest BCUT2D eigenvalue weighted by atomic mass is 16.5. The van der Waals surface area contributed by atoms with Crippen molar-refractivity contribution in [2.75, 3.05) is 24.3 Å². The van der Waals surface area contributed by atoms with Crippen LogP contribution in [0.15, 0.2) is 24.3 Å². The number of fused-ring (bicyclic) bond motifs is 1. The first-order valence-corrected chi connectivity index (χ1v) is 9.21. The Kier molecular flexibility index (Phi) is 5.06. The van der Waals surface area contributed by atoms with E-state index in [4.69, 9.17) is 4.74 Å². The Balaban J connectivity index is 1.67. The van der Waals surface area contributed by atoms with Gasteiger partial charge in [-0.3, -0.25) is 9.89 Å². The van der Waals surface area contributed by atoms with E-state index in [1.54, 1.807) is 49.0 Å². The molecule has 8 heteroatoms. The maximum Gasteiger partial charge on any atom is 0.321 e. The van der Waals surface area contributed by atoms with Crippen molar-refractivity contribution in [1.29, 1.82) is 0 Å². The molecule has 0 radical (unpaired) electrons. The summed E-state index contributed by atoms with van der Waals surface area (Å²) in [5.74, 6) is 0.469. The number of urea groups is 1. The van der Waals surface area contributed by atoms with E-state index in [9.17, 15) is 9.59 Å². The molecular weight excluding hydrogens is 358 g/mol. The van der Waals surface area contributed by atoms with Crippen molar-refractivity contribution in [2.45, 2.75) is 45.8 Å². The van der Waals surface area contributed by atoms with Crippen molar-refractivity contribution >= 4 is 23.3 Å². The highest BCUT2D eigenvalue weighted by molar-refractivity contribution is 6.00. The van der Waals surface area contributed by atoms with Gasteiger partial charge in [0.25, 0.3) is 5.91 Å². The van der Waals surface area contributed by atoms with E-state index in [1.807, 2.05) is 6.07 Å². The Morgan fingerprint density at radius 3 is 2.71 bits per heavy atom. The molecule has 1 aliphatic heterocycles. The predicted molar refractivity (Wildman–Crippen MR) is 108 cm³/mol. The maximum atomic E-state index is 12.5. The average Bonchev–Trinajstić information content (AvgIpc) is 3.08. The number of carbonyl (C=O) groups excluding carboxylic acids is 2. The number of nitrogens with zero attached hydrogens (tertiary/aromatic N) is 3. The molecule has 2 heterocycles. The molecule has 1 aromatic carbocycles. The summed E-state index contributed by atoms with van der Waals surface area (Å²) >= 11 is 0. The second kappa shape index (κ2) is 7.18. The average molecular weight is 385 g/mol. The van der Waals surface area contributed by atoms with E-state index in [1.165, 1.54) is 0 Å². The van der Waals surface area contributed by atoms with Gasteiger partial charge in [0.15, 0.2) is 6.10 Å². The number of anilines is 2. The fourth-order valence-electron chi connectivity index (χ4n) is 2.97. The van der Waals surface area contributed by atoms with Crippen LogP contribution in [-0.2, 0) is 16.8 Å². The number of ether oxygens (including phenoxy) is 1. The first kappa shape index (κ1) is 19.7. The molecule has 3 amide bonds. The molecular formula is C20H27N5O3. The molecule has 0 saturated heterocycles. The standard InChI is InChI=1S/C20H27N5O3/c1-12-18(26)25(6)15-8-7-13(9-16(15)28-12)21-19(27)24(5)11-14-10-17(23-22-14)20(2,3)4/h7-10,12H,11H2,1-6H3,(H,21,27)(H,22,23)/t12-/m0/s1. The zero-order chi connectivity index (χ0) is 20.6. The number of aromatic nitrogens is 2. The molecule has 0 bridgehead atoms. The van der Waals surface area contributed by atoms with Gasteiger partial charge in [0, 0.05) is 31.3 Å². The summed E-state index contributed by atoms with van der Waals surface area (Å²) in [7, 11) is 3.43. The van der Waals surface area contributed by atoms with Crippen molar-refractivity contribution in [3.63, 3.8) is 0 Å². The van der Waals surface area contributed by atoms with Crippen LogP contribution >= 0.6 is 0 Å². The Labute approximate surface area is 164 Å². The van der Waals surface area contributed by atoms with Gasteiger partial charge in [-0.2, -0.15) is 5.10 Å². The van der Waals surface area contributed by atoms with Crippen molar-refractivity contribution in [1.82, 2.24) is 15.1 Å². The molecule has 0 spiro atoms. The normalized spacial score (nSPS) is 16.4. The van der Waals surface area contributed by atoms with E-state index in [2.05, 4.69) is 36.3 Å². The summed E-state index contributed by atoms with van der Waals surface area (Å²) < 4.78 is 5.66. The van der Waals surface area contributed by atoms with Crippen LogP contribution in [0.5, 0.6) is 5.75 Å². The fraction of sp³-hybridized carbons (Fsp3) is 0.450. The van der Waals surface area contributed by atoms with Crippen LogP contribution in [0.4, 0.5) is 16.2 Å². The number of amides is 3. The molecule has 2 aromatic rings. The molecule has 8 nitrogen and oxygen atoms in total. The van der Waals surface area contributed by atoms with E-state index in [0.29, 0.717) is 23.7 Å². The van der Waals surface area contributed by atoms with Crippen LogP contribution in [0.3, 0.4) is 0 Å². The number of rotatable bonds is 3. The summed E-state index contributed by atoms with van der Waals surface area (Å²) in [6.45, 7) is 8.38. The molecule has 150 valence electrons. The second-order valence-electron chi connectivity index (χ2n) is 8.15. The molecule has 2 N–H and O–H groups in total. The highest BCUT2D eigenvalue weighted by Crippen LogP contribution is 2.35. The number of nitrogens with one attached hydrogen (secondary N) is 2. The third kappa shape index (κ3) is 3.95. The molecule has 1 aliphatic rings. The zero-order valence-corrected chi connectivity index (χ0v) is 17.2. The zero-order valence-electron chi connectivity index (χ0n) is 17.2. The van der Waals surface area contributed by atoms with Gasteiger partial charge in [0.2, 0.25) is 0 Å². The fourth-order valence-corrected chi connectivity index (χ4v) is 2.97. The molecule has 1 aromatic heterocycles. The van der Waals surface area contributed by atoms with E-state index >= 15 is 0 Å². The van der Waals surface area contributed by atoms with Crippen molar-refractivity contribution in [2.24, 2.45) is 0 Å². The van der Waals surface area contributed by atoms with E-state index in [0.717, 1.165) is 11.4 Å². The minimum atomic E-state index is -0.552. The Hall–Kier alpha value is -3.03. The summed E-state index contributed by atoms with van der Waals surface area (Å²) in [6, 6.07) is 6.97. The van der Waals surface area contributed by atoms with Gasteiger partial charge < -0.3 is 19.9 Å². The summed E-state index contributed by atoms with van der Waals surface area (Å²) in [5.41, 5.74) is 3.05. The minimum absolute atomic E-state index is 0.0512. The van der Waals surface area contributed by atoms with Crippen LogP contribution < -0.4 is 15.0 Å². The van der Waals surface area contributed by atoms with Crippen molar-refractivity contribution in [3.05, 3.63) is 35.7 Å². The molecule has 0 aliphatic carbocycles. The van der Waals surface area contributed by atoms with Gasteiger partial charge in [-0.25, -0.2) is 4.79 Å². The largest absolute Gasteiger partial charge is 0.479 e. The van der Waals surface area contributed by atoms with Gasteiger partial charge in [-0.05, 0) is 25.1 Å². The Bertz CT molecular complexity index is 899. The topological polar surface area (TPSA) is 90.6 Å². The third-order valence-corrected chi connectivity index (χ3v) is 4.71. The molecule has 28 heavy (non-hydrogen) atoms. The molecule has 1 atom stereocenters. The van der Waals surface area contributed by atoms with Crippen LogP contribution in [0.1, 0.15) is 39.1 Å². The smallest absolute Gasteiger partial charge is 0.321 e. The van der Waals surface area contributed by atoms with Gasteiger partial charge >= 0.3 is 6.03 Å². The van der Waals surface area contributed by atoms with Gasteiger partial charge in [0.05, 0.1) is 23.6 Å². The molecule has 0 fully saturated rings. The Morgan fingerprint density at radius 2 is 2.07 bits per heavy atom. The van der Waals surface area contributed by atoms with Crippen molar-refractivity contribution < 1.29 is 14.3 Å². The van der Waals surface area contributed by atoms with Crippen LogP contribution in [0.25, 0.3) is 0 Å².